The number of para-hydroxylation sites is 2. The van der Waals surface area contributed by atoms with Crippen LogP contribution in [0.3, 0.4) is 0 Å². The van der Waals surface area contributed by atoms with Gasteiger partial charge >= 0.3 is 0 Å². The third-order valence-electron chi connectivity index (χ3n) is 5.11. The summed E-state index contributed by atoms with van der Waals surface area (Å²) in [6.45, 7) is 0. The van der Waals surface area contributed by atoms with Gasteiger partial charge in [0.1, 0.15) is 5.69 Å². The lowest BCUT2D eigenvalue weighted by Crippen LogP contribution is -2.14. The van der Waals surface area contributed by atoms with Gasteiger partial charge in [-0.2, -0.15) is 5.10 Å². The highest BCUT2D eigenvalue weighted by Gasteiger charge is 2.16. The van der Waals surface area contributed by atoms with Crippen molar-refractivity contribution < 1.29 is 4.92 Å². The van der Waals surface area contributed by atoms with Gasteiger partial charge in [-0.3, -0.25) is 10.1 Å². The lowest BCUT2D eigenvalue weighted by molar-refractivity contribution is -0.384. The predicted octanol–water partition coefficient (Wildman–Crippen LogP) is 7.22. The first-order chi connectivity index (χ1) is 15.0. The molecule has 0 unspecified atom stereocenters. The molecule has 1 aromatic heterocycles. The summed E-state index contributed by atoms with van der Waals surface area (Å²) in [5, 5.41) is 19.4. The fraction of sp³-hybridized carbons (Fsp3) is 0.273. The number of thiazole rings is 1. The van der Waals surface area contributed by atoms with E-state index in [4.69, 9.17) is 28.3 Å². The smallest absolute Gasteiger partial charge is 0.258 e. The maximum Gasteiger partial charge on any atom is 0.294 e. The molecule has 0 radical (unpaired) electrons. The summed E-state index contributed by atoms with van der Waals surface area (Å²) in [7, 11) is 0. The molecule has 9 heteroatoms. The zero-order chi connectivity index (χ0) is 21.8. The lowest BCUT2D eigenvalue weighted by Gasteiger charge is -2.09. The van der Waals surface area contributed by atoms with Crippen molar-refractivity contribution in [1.82, 2.24) is 4.68 Å². The molecule has 1 fully saturated rings. The van der Waals surface area contributed by atoms with Crippen LogP contribution in [0.1, 0.15) is 38.5 Å². The molecule has 0 atom stereocenters. The first-order valence-electron chi connectivity index (χ1n) is 10.0. The summed E-state index contributed by atoms with van der Waals surface area (Å²) in [5.41, 5.74) is 2.83. The fourth-order valence-corrected chi connectivity index (χ4v) is 4.77. The Morgan fingerprint density at radius 3 is 2.52 bits per heavy atom. The number of halogens is 2. The second kappa shape index (κ2) is 9.77. The average Bonchev–Trinajstić information content (AvgIpc) is 2.96. The molecule has 1 aliphatic rings. The summed E-state index contributed by atoms with van der Waals surface area (Å²) >= 11 is 14.1. The van der Waals surface area contributed by atoms with Gasteiger partial charge in [-0.1, -0.05) is 48.2 Å². The summed E-state index contributed by atoms with van der Waals surface area (Å²) < 4.78 is 1.75. The summed E-state index contributed by atoms with van der Waals surface area (Å²) in [6.07, 6.45) is 6.47. The van der Waals surface area contributed by atoms with Crippen LogP contribution in [0.25, 0.3) is 11.3 Å². The van der Waals surface area contributed by atoms with Crippen molar-refractivity contribution >= 4 is 51.6 Å². The van der Waals surface area contributed by atoms with E-state index in [9.17, 15) is 10.1 Å². The SMILES string of the molecule is O=[N+]([O-])c1ccccc1N=c1scc(-c2cc(Cl)ccc2Cl)n1N=C1CCCCCC1. The molecule has 31 heavy (non-hydrogen) atoms. The maximum absolute atomic E-state index is 11.4. The minimum Gasteiger partial charge on any atom is -0.258 e. The van der Waals surface area contributed by atoms with Crippen LogP contribution in [0.2, 0.25) is 10.0 Å². The second-order valence-corrected chi connectivity index (χ2v) is 8.96. The van der Waals surface area contributed by atoms with E-state index >= 15 is 0 Å². The van der Waals surface area contributed by atoms with E-state index in [-0.39, 0.29) is 11.4 Å². The van der Waals surface area contributed by atoms with Crippen LogP contribution in [-0.4, -0.2) is 15.3 Å². The minimum atomic E-state index is -0.428. The Labute approximate surface area is 193 Å². The van der Waals surface area contributed by atoms with Gasteiger partial charge in [-0.15, -0.1) is 11.3 Å². The largest absolute Gasteiger partial charge is 0.294 e. The molecule has 2 aromatic carbocycles. The highest BCUT2D eigenvalue weighted by Crippen LogP contribution is 2.32. The second-order valence-electron chi connectivity index (χ2n) is 7.28. The molecule has 4 rings (SSSR count). The van der Waals surface area contributed by atoms with Gasteiger partial charge in [-0.05, 0) is 49.9 Å². The van der Waals surface area contributed by atoms with Crippen molar-refractivity contribution in [2.24, 2.45) is 10.1 Å². The third kappa shape index (κ3) is 5.06. The monoisotopic (exact) mass is 474 g/mol. The number of nitro groups is 1. The molecule has 160 valence electrons. The highest BCUT2D eigenvalue weighted by atomic mass is 35.5. The van der Waals surface area contributed by atoms with E-state index in [1.54, 1.807) is 41.1 Å². The minimum absolute atomic E-state index is 0.0492. The van der Waals surface area contributed by atoms with Crippen molar-refractivity contribution in [2.45, 2.75) is 38.5 Å². The predicted molar refractivity (Wildman–Crippen MR) is 127 cm³/mol. The van der Waals surface area contributed by atoms with Gasteiger partial charge in [-0.25, -0.2) is 9.67 Å². The van der Waals surface area contributed by atoms with Crippen LogP contribution in [0.5, 0.6) is 0 Å². The Kier molecular flexibility index (Phi) is 6.85. The van der Waals surface area contributed by atoms with Gasteiger partial charge < -0.3 is 0 Å². The molecular weight excluding hydrogens is 455 g/mol. The number of benzene rings is 2. The molecule has 1 aliphatic carbocycles. The molecular formula is C22H20Cl2N4O2S. The maximum atomic E-state index is 11.4. The van der Waals surface area contributed by atoms with Crippen molar-refractivity contribution in [2.75, 3.05) is 0 Å². The van der Waals surface area contributed by atoms with Crippen LogP contribution < -0.4 is 4.80 Å². The van der Waals surface area contributed by atoms with Gasteiger partial charge in [0, 0.05) is 27.7 Å². The van der Waals surface area contributed by atoms with Gasteiger partial charge in [0.2, 0.25) is 4.80 Å². The normalized spacial score (nSPS) is 15.0. The topological polar surface area (TPSA) is 72.8 Å². The molecule has 1 saturated carbocycles. The van der Waals surface area contributed by atoms with E-state index in [1.165, 1.54) is 30.2 Å². The van der Waals surface area contributed by atoms with E-state index in [0.717, 1.165) is 42.7 Å². The summed E-state index contributed by atoms with van der Waals surface area (Å²) in [4.78, 5) is 16.2. The Bertz CT molecular complexity index is 1210. The fourth-order valence-electron chi connectivity index (χ4n) is 3.55. The molecule has 3 aromatic rings. The van der Waals surface area contributed by atoms with Crippen LogP contribution in [0.15, 0.2) is 57.9 Å². The molecule has 0 bridgehead atoms. The average molecular weight is 475 g/mol. The number of rotatable bonds is 4. The standard InChI is InChI=1S/C22H20Cl2N4O2S/c23-15-11-12-18(24)17(13-15)21-14-31-22(25-19-9-5-6-10-20(19)28(29)30)27(21)26-16-7-3-1-2-4-8-16/h5-6,9-14H,1-4,7-8H2. The van der Waals surface area contributed by atoms with Crippen LogP contribution in [-0.2, 0) is 0 Å². The molecule has 6 nitrogen and oxygen atoms in total. The number of hydrogen-bond acceptors (Lipinski definition) is 5. The number of aromatic nitrogens is 1. The van der Waals surface area contributed by atoms with Crippen LogP contribution in [0, 0.1) is 10.1 Å². The van der Waals surface area contributed by atoms with E-state index in [2.05, 4.69) is 4.99 Å². The zero-order valence-electron chi connectivity index (χ0n) is 16.6. The first-order valence-corrected chi connectivity index (χ1v) is 11.7. The van der Waals surface area contributed by atoms with Crippen LogP contribution in [0.4, 0.5) is 11.4 Å². The van der Waals surface area contributed by atoms with Gasteiger partial charge in [0.15, 0.2) is 0 Å². The highest BCUT2D eigenvalue weighted by molar-refractivity contribution is 7.07. The summed E-state index contributed by atoms with van der Waals surface area (Å²) in [6, 6.07) is 11.7. The Hall–Kier alpha value is -2.48. The molecule has 0 amide bonds. The van der Waals surface area contributed by atoms with Gasteiger partial charge in [0.25, 0.3) is 5.69 Å². The Balaban J connectivity index is 1.93. The Morgan fingerprint density at radius 1 is 1.03 bits per heavy atom. The number of hydrogen-bond donors (Lipinski definition) is 0. The summed E-state index contributed by atoms with van der Waals surface area (Å²) in [5.74, 6) is 0. The van der Waals surface area contributed by atoms with E-state index < -0.39 is 4.92 Å². The molecule has 0 N–H and O–H groups in total. The van der Waals surface area contributed by atoms with E-state index in [1.807, 2.05) is 5.38 Å². The molecule has 1 heterocycles. The molecule has 0 spiro atoms. The van der Waals surface area contributed by atoms with Crippen molar-refractivity contribution in [3.05, 3.63) is 72.8 Å². The Morgan fingerprint density at radius 2 is 1.77 bits per heavy atom. The van der Waals surface area contributed by atoms with Crippen molar-refractivity contribution in [1.29, 1.82) is 0 Å². The third-order valence-corrected chi connectivity index (χ3v) is 6.49. The first kappa shape index (κ1) is 21.7. The van der Waals surface area contributed by atoms with Crippen molar-refractivity contribution in [3.8, 4) is 11.3 Å². The quantitative estimate of drug-likeness (QED) is 0.227. The number of nitro benzene ring substituents is 1. The molecule has 0 saturated heterocycles. The van der Waals surface area contributed by atoms with Crippen LogP contribution >= 0.6 is 34.5 Å². The van der Waals surface area contributed by atoms with E-state index in [0.29, 0.717) is 14.8 Å². The lowest BCUT2D eigenvalue weighted by atomic mass is 10.1. The zero-order valence-corrected chi connectivity index (χ0v) is 19.0. The number of nitrogens with zero attached hydrogens (tertiary/aromatic N) is 4. The van der Waals surface area contributed by atoms with Gasteiger partial charge in [0.05, 0.1) is 15.6 Å². The van der Waals surface area contributed by atoms with Crippen molar-refractivity contribution in [3.63, 3.8) is 0 Å². The molecule has 0 aliphatic heterocycles.